The summed E-state index contributed by atoms with van der Waals surface area (Å²) in [6.45, 7) is 13.7. The zero-order chi connectivity index (χ0) is 89.9. The van der Waals surface area contributed by atoms with Crippen LogP contribution in [0.25, 0.3) is 11.1 Å². The first-order chi connectivity index (χ1) is 60.0. The van der Waals surface area contributed by atoms with Gasteiger partial charge in [0.05, 0.1) is 116 Å². The summed E-state index contributed by atoms with van der Waals surface area (Å²) >= 11 is 0. The minimum Gasteiger partial charge on any atom is -0.340 e. The summed E-state index contributed by atoms with van der Waals surface area (Å²) in [6.07, 6.45) is 16.8. The Balaban J connectivity index is 0.644. The van der Waals surface area contributed by atoms with E-state index in [1.54, 1.807) is 157 Å². The number of amides is 12. The molecule has 20 nitrogen and oxygen atoms in total. The van der Waals surface area contributed by atoms with Crippen LogP contribution in [-0.2, 0) is 86.4 Å². The zero-order valence-corrected chi connectivity index (χ0v) is 70.0. The van der Waals surface area contributed by atoms with Crippen molar-refractivity contribution in [2.24, 2.45) is 107 Å². The average Bonchev–Trinajstić information content (AvgIpc) is 1.52. The molecule has 0 aromatic heterocycles. The summed E-state index contributed by atoms with van der Waals surface area (Å²) in [7, 11) is 0. The van der Waals surface area contributed by atoms with Crippen molar-refractivity contribution in [2.75, 3.05) is 20.0 Å². The standard InChI is InChI=1S/C100H88F6N8O12/c1-12-49-25-22-28-54(41-49)97(18-7,19-8)113-91(123)78-66-39-40-67(79(78)92(113)124)73-72(66)85(117)110(86(73)118)58-32-34-61(69(48-58)100(104,105)106)60-33-31-53(47-68(60)99(101,102)103)96(16-5,17-6)95(11,15-4)112-89(121)76-62-35-36-63(77(76)90(112)122)75-74(62)87(119)111(88(75)120)59-45-52(82(107)108-56-29-23-26-50(13-2)42-56)44-55(46-59)98(20-9,21-10)114-93(125)80-64-37-38-65(81(80)94(114)126)71-70(64)83(115)109(84(71)116)57-30-24-27-51(14-3)43-57/h1-3,22-48,62-67,70-81H,15-21H2,4-11H3,(H2,107,108). The highest BCUT2D eigenvalue weighted by Gasteiger charge is 2.75. The van der Waals surface area contributed by atoms with Crippen LogP contribution in [0.2, 0.25) is 0 Å². The fraction of sp³-hybridized carbons (Fsp3) is 0.390. The molecule has 0 radical (unpaired) electrons. The maximum absolute atomic E-state index is 16.3. The van der Waals surface area contributed by atoms with Crippen LogP contribution in [-0.4, -0.2) is 97.0 Å². The lowest BCUT2D eigenvalue weighted by atomic mass is 9.54. The van der Waals surface area contributed by atoms with Gasteiger partial charge in [0.15, 0.2) is 0 Å². The second-order valence-electron chi connectivity index (χ2n) is 35.8. The number of hydrogen-bond acceptors (Lipinski definition) is 13. The second kappa shape index (κ2) is 29.4. The first kappa shape index (κ1) is 84.0. The SMILES string of the molecule is C#Cc1cccc(NC(=N)c2cc(N3C(=O)C4C5C=CC(C4C3=O)C3C(=O)N(C(C)(CC)C(CC)(CC)c4ccc(-c6ccc(N7C(=O)C8C9C=CC(C8C7=O)C7C(=O)N(C(CC)(CC)c8cccc(C#C)c8)C(=O)C97)cc6C(F)(F)F)c(C(F)(F)F)c4)C(=O)C53)cc(C(CC)(CC)N3C(=O)C4C5C=CC(C6C(=O)N(c7cccc(C#C)c7)C(=O)C56)C4C3=O)c2)c1. The molecule has 12 amide bonds. The minimum absolute atomic E-state index is 0.0369. The Morgan fingerprint density at radius 2 is 0.698 bits per heavy atom. The van der Waals surface area contributed by atoms with E-state index < -0.39 is 240 Å². The maximum atomic E-state index is 16.3. The predicted octanol–water partition coefficient (Wildman–Crippen LogP) is 14.7. The molecule has 2 N–H and O–H groups in total. The second-order valence-corrected chi connectivity index (χ2v) is 35.8. The van der Waals surface area contributed by atoms with Gasteiger partial charge in [0, 0.05) is 68.9 Å². The molecule has 26 heteroatoms. The van der Waals surface area contributed by atoms with Crippen molar-refractivity contribution in [1.29, 1.82) is 5.41 Å². The van der Waals surface area contributed by atoms with E-state index >= 15 is 55.1 Å². The highest BCUT2D eigenvalue weighted by molar-refractivity contribution is 6.26. The van der Waals surface area contributed by atoms with Crippen LogP contribution in [0.5, 0.6) is 0 Å². The molecule has 126 heavy (non-hydrogen) atoms. The van der Waals surface area contributed by atoms with Crippen LogP contribution in [0.15, 0.2) is 164 Å². The third-order valence-electron chi connectivity index (χ3n) is 31.5. The quantitative estimate of drug-likeness (QED) is 0.0180. The summed E-state index contributed by atoms with van der Waals surface area (Å²) in [5.74, 6) is -21.4. The van der Waals surface area contributed by atoms with Crippen molar-refractivity contribution in [3.8, 4) is 48.2 Å². The van der Waals surface area contributed by atoms with E-state index in [9.17, 15) is 34.2 Å². The zero-order valence-electron chi connectivity index (χ0n) is 70.0. The average molecular weight is 1710 g/mol. The minimum atomic E-state index is -5.44. The number of amidine groups is 1. The van der Waals surface area contributed by atoms with E-state index in [0.29, 0.717) is 38.9 Å². The van der Waals surface area contributed by atoms with Gasteiger partial charge in [0.2, 0.25) is 70.9 Å². The van der Waals surface area contributed by atoms with E-state index in [0.717, 1.165) is 39.0 Å². The summed E-state index contributed by atoms with van der Waals surface area (Å²) in [4.78, 5) is 191. The van der Waals surface area contributed by atoms with E-state index in [4.69, 9.17) is 19.3 Å². The predicted molar refractivity (Wildman–Crippen MR) is 451 cm³/mol. The van der Waals surface area contributed by atoms with Gasteiger partial charge in [-0.1, -0.05) is 145 Å². The van der Waals surface area contributed by atoms with E-state index in [1.807, 2.05) is 13.8 Å². The van der Waals surface area contributed by atoms with Gasteiger partial charge in [0.1, 0.15) is 5.84 Å². The summed E-state index contributed by atoms with van der Waals surface area (Å²) < 4.78 is 96.7. The molecule has 19 atom stereocenters. The molecule has 3 saturated carbocycles. The van der Waals surface area contributed by atoms with Gasteiger partial charge in [-0.05, 0) is 165 Å². The van der Waals surface area contributed by atoms with Gasteiger partial charge >= 0.3 is 12.4 Å². The Morgan fingerprint density at radius 1 is 0.349 bits per heavy atom. The molecule has 642 valence electrons. The number of hydrogen-bond donors (Lipinski definition) is 2. The summed E-state index contributed by atoms with van der Waals surface area (Å²) in [5, 5.41) is 12.8. The highest BCUT2D eigenvalue weighted by Crippen LogP contribution is 2.66. The molecule has 0 spiro atoms. The summed E-state index contributed by atoms with van der Waals surface area (Å²) in [6, 6.07) is 29.5. The molecule has 6 aromatic rings. The number of terminal acetylenes is 3. The van der Waals surface area contributed by atoms with Crippen LogP contribution in [0.4, 0.5) is 49.1 Å². The van der Waals surface area contributed by atoms with Gasteiger partial charge in [-0.2, -0.15) is 26.3 Å². The number of halogens is 6. The van der Waals surface area contributed by atoms with Gasteiger partial charge < -0.3 is 5.32 Å². The first-order valence-electron chi connectivity index (χ1n) is 43.0. The van der Waals surface area contributed by atoms with E-state index in [1.165, 1.54) is 28.0 Å². The number of carbonyl (C=O) groups excluding carboxylic acids is 12. The summed E-state index contributed by atoms with van der Waals surface area (Å²) in [5.41, 5.74) is -9.08. The highest BCUT2D eigenvalue weighted by atomic mass is 19.4. The normalized spacial score (nSPS) is 29.0. The van der Waals surface area contributed by atoms with Crippen molar-refractivity contribution < 1.29 is 83.9 Å². The van der Waals surface area contributed by atoms with Crippen molar-refractivity contribution in [3.63, 3.8) is 0 Å². The lowest BCUT2D eigenvalue weighted by Gasteiger charge is -2.53. The molecule has 9 aliphatic carbocycles. The lowest BCUT2D eigenvalue weighted by Crippen LogP contribution is -2.62. The molecule has 19 unspecified atom stereocenters. The first-order valence-corrected chi connectivity index (χ1v) is 43.0. The number of nitrogens with zero attached hydrogens (tertiary/aromatic N) is 6. The third-order valence-corrected chi connectivity index (χ3v) is 31.5. The number of likely N-dealkylation sites (tertiary alicyclic amines) is 3. The molecule has 9 fully saturated rings. The molecule has 6 heterocycles. The molecule has 6 aromatic carbocycles. The molecule has 6 bridgehead atoms. The number of nitrogens with one attached hydrogen (secondary N) is 2. The Kier molecular flexibility index (Phi) is 19.6. The van der Waals surface area contributed by atoms with Crippen LogP contribution < -0.4 is 20.0 Å². The van der Waals surface area contributed by atoms with Crippen molar-refractivity contribution >= 4 is 99.5 Å². The number of anilines is 4. The van der Waals surface area contributed by atoms with Crippen LogP contribution in [0.1, 0.15) is 150 Å². The number of rotatable bonds is 20. The van der Waals surface area contributed by atoms with Crippen LogP contribution >= 0.6 is 0 Å². The smallest absolute Gasteiger partial charge is 0.340 e. The lowest BCUT2D eigenvalue weighted by molar-refractivity contribution is -0.152. The Labute approximate surface area is 723 Å². The molecular weight excluding hydrogens is 1620 g/mol. The molecule has 15 aliphatic rings. The third kappa shape index (κ3) is 11.2. The van der Waals surface area contributed by atoms with Crippen LogP contribution in [0.3, 0.4) is 0 Å². The number of imide groups is 6. The van der Waals surface area contributed by atoms with Crippen molar-refractivity contribution in [1.82, 2.24) is 14.7 Å². The van der Waals surface area contributed by atoms with E-state index in [2.05, 4.69) is 23.1 Å². The Bertz CT molecular complexity index is 5990. The van der Waals surface area contributed by atoms with Gasteiger partial charge in [-0.3, -0.25) is 82.5 Å². The van der Waals surface area contributed by atoms with Crippen molar-refractivity contribution in [2.45, 2.75) is 135 Å². The van der Waals surface area contributed by atoms with Gasteiger partial charge in [-0.15, -0.1) is 19.3 Å². The fourth-order valence-electron chi connectivity index (χ4n) is 25.6. The number of benzene rings is 6. The number of allylic oxidation sites excluding steroid dienone is 6. The molecule has 21 rings (SSSR count). The molecule has 6 saturated heterocycles. The number of alkyl halides is 6. The maximum Gasteiger partial charge on any atom is 0.417 e. The van der Waals surface area contributed by atoms with E-state index in [-0.39, 0.29) is 78.8 Å². The van der Waals surface area contributed by atoms with Gasteiger partial charge in [-0.25, -0.2) is 9.80 Å². The van der Waals surface area contributed by atoms with Crippen LogP contribution in [0, 0.1) is 149 Å². The molecular formula is C100H88F6N8O12. The monoisotopic (exact) mass is 1710 g/mol. The van der Waals surface area contributed by atoms with Gasteiger partial charge in [0.25, 0.3) is 0 Å². The largest absolute Gasteiger partial charge is 0.417 e. The van der Waals surface area contributed by atoms with Crippen molar-refractivity contribution in [3.05, 3.63) is 214 Å². The fourth-order valence-corrected chi connectivity index (χ4v) is 25.6. The topological polar surface area (TPSA) is 260 Å². The molecule has 6 aliphatic heterocycles. The Morgan fingerprint density at radius 3 is 1.10 bits per heavy atom. The Hall–Kier alpha value is -12.9. The number of carbonyl (C=O) groups is 12.